The molecule has 0 atom stereocenters. The third-order valence-corrected chi connectivity index (χ3v) is 2.85. The molecule has 0 N–H and O–H groups in total. The predicted octanol–water partition coefficient (Wildman–Crippen LogP) is 1.51. The van der Waals surface area contributed by atoms with E-state index in [2.05, 4.69) is 25.8 Å². The van der Waals surface area contributed by atoms with Crippen molar-refractivity contribution in [1.29, 1.82) is 0 Å². The zero-order chi connectivity index (χ0) is 8.67. The van der Waals surface area contributed by atoms with E-state index in [-0.39, 0.29) is 0 Å². The molecule has 2 heterocycles. The molecule has 0 amide bonds. The number of hydrogen-bond acceptors (Lipinski definition) is 4. The Labute approximate surface area is 80.3 Å². The van der Waals surface area contributed by atoms with Gasteiger partial charge in [0, 0.05) is 19.6 Å². The fourth-order valence-corrected chi connectivity index (χ4v) is 2.03. The lowest BCUT2D eigenvalue weighted by Gasteiger charge is -2.00. The third kappa shape index (κ3) is 1.32. The molecule has 4 heteroatoms. The second kappa shape index (κ2) is 2.75. The van der Waals surface area contributed by atoms with Crippen molar-refractivity contribution in [3.63, 3.8) is 0 Å². The van der Waals surface area contributed by atoms with Crippen molar-refractivity contribution in [2.75, 3.05) is 13.1 Å². The van der Waals surface area contributed by atoms with Crippen molar-refractivity contribution in [1.82, 2.24) is 13.6 Å². The van der Waals surface area contributed by atoms with Crippen LogP contribution in [0.5, 0.6) is 0 Å². The topological polar surface area (TPSA) is 28.8 Å². The van der Waals surface area contributed by atoms with Crippen molar-refractivity contribution in [2.24, 2.45) is 0 Å². The highest BCUT2D eigenvalue weighted by Gasteiger charge is 2.18. The van der Waals surface area contributed by atoms with E-state index in [1.54, 1.807) is 0 Å². The fourth-order valence-electron chi connectivity index (χ4n) is 1.46. The van der Waals surface area contributed by atoms with Gasteiger partial charge in [-0.3, -0.25) is 4.90 Å². The lowest BCUT2D eigenvalue weighted by Crippen LogP contribution is -1.97. The SMILES string of the molecule is c1cc(CN2CC2)c2nsnc2c1. The van der Waals surface area contributed by atoms with Gasteiger partial charge in [0.25, 0.3) is 0 Å². The zero-order valence-corrected chi connectivity index (χ0v) is 7.92. The highest BCUT2D eigenvalue weighted by atomic mass is 32.1. The number of rotatable bonds is 2. The highest BCUT2D eigenvalue weighted by molar-refractivity contribution is 7.00. The van der Waals surface area contributed by atoms with Crippen molar-refractivity contribution >= 4 is 22.8 Å². The summed E-state index contributed by atoms with van der Waals surface area (Å²) in [6.07, 6.45) is 0. The second-order valence-electron chi connectivity index (χ2n) is 3.33. The van der Waals surface area contributed by atoms with E-state index in [1.165, 1.54) is 30.4 Å². The van der Waals surface area contributed by atoms with Gasteiger partial charge in [-0.25, -0.2) is 0 Å². The lowest BCUT2D eigenvalue weighted by molar-refractivity contribution is 0.558. The summed E-state index contributed by atoms with van der Waals surface area (Å²) < 4.78 is 8.52. The Hall–Kier alpha value is -1.00. The van der Waals surface area contributed by atoms with Gasteiger partial charge in [0.2, 0.25) is 0 Å². The minimum absolute atomic E-state index is 1.03. The Balaban J connectivity index is 2.09. The van der Waals surface area contributed by atoms with E-state index in [0.717, 1.165) is 17.6 Å². The first-order chi connectivity index (χ1) is 6.43. The van der Waals surface area contributed by atoms with Gasteiger partial charge >= 0.3 is 0 Å². The first kappa shape index (κ1) is 7.41. The van der Waals surface area contributed by atoms with Crippen LogP contribution in [0.15, 0.2) is 18.2 Å². The number of fused-ring (bicyclic) bond motifs is 1. The monoisotopic (exact) mass is 191 g/mol. The molecule has 0 bridgehead atoms. The molecule has 66 valence electrons. The molecule has 1 aromatic heterocycles. The molecule has 3 nitrogen and oxygen atoms in total. The highest BCUT2D eigenvalue weighted by Crippen LogP contribution is 2.20. The molecule has 1 aliphatic heterocycles. The van der Waals surface area contributed by atoms with Crippen LogP contribution in [0.3, 0.4) is 0 Å². The van der Waals surface area contributed by atoms with E-state index in [1.807, 2.05) is 6.07 Å². The summed E-state index contributed by atoms with van der Waals surface area (Å²) in [7, 11) is 0. The van der Waals surface area contributed by atoms with Crippen LogP contribution in [-0.2, 0) is 6.54 Å². The molecule has 0 unspecified atom stereocenters. The Kier molecular flexibility index (Phi) is 1.57. The van der Waals surface area contributed by atoms with Crippen molar-refractivity contribution in [3.05, 3.63) is 23.8 Å². The van der Waals surface area contributed by atoms with Crippen LogP contribution in [0, 0.1) is 0 Å². The normalized spacial score (nSPS) is 16.6. The molecule has 0 spiro atoms. The van der Waals surface area contributed by atoms with Crippen LogP contribution in [0.25, 0.3) is 11.0 Å². The van der Waals surface area contributed by atoms with Crippen LogP contribution in [0.2, 0.25) is 0 Å². The summed E-state index contributed by atoms with van der Waals surface area (Å²) in [5, 5.41) is 0. The van der Waals surface area contributed by atoms with Gasteiger partial charge in [0.15, 0.2) is 0 Å². The summed E-state index contributed by atoms with van der Waals surface area (Å²) in [5.41, 5.74) is 3.42. The first-order valence-corrected chi connectivity index (χ1v) is 5.09. The maximum atomic E-state index is 4.30. The number of aromatic nitrogens is 2. The lowest BCUT2D eigenvalue weighted by atomic mass is 10.2. The van der Waals surface area contributed by atoms with E-state index in [4.69, 9.17) is 0 Å². The average Bonchev–Trinajstić information content (AvgIpc) is 2.83. The van der Waals surface area contributed by atoms with E-state index in [9.17, 15) is 0 Å². The predicted molar refractivity (Wildman–Crippen MR) is 52.7 cm³/mol. The largest absolute Gasteiger partial charge is 0.296 e. The number of hydrogen-bond donors (Lipinski definition) is 0. The molecule has 1 aromatic carbocycles. The van der Waals surface area contributed by atoms with Crippen LogP contribution in [0.4, 0.5) is 0 Å². The molecule has 1 fully saturated rings. The molecule has 1 aliphatic rings. The van der Waals surface area contributed by atoms with Crippen LogP contribution < -0.4 is 0 Å². The fraction of sp³-hybridized carbons (Fsp3) is 0.333. The second-order valence-corrected chi connectivity index (χ2v) is 3.85. The van der Waals surface area contributed by atoms with Gasteiger partial charge in [0.1, 0.15) is 11.0 Å². The molecule has 0 radical (unpaired) electrons. The zero-order valence-electron chi connectivity index (χ0n) is 7.10. The Bertz CT molecular complexity index is 433. The van der Waals surface area contributed by atoms with Crippen molar-refractivity contribution in [3.8, 4) is 0 Å². The van der Waals surface area contributed by atoms with Crippen molar-refractivity contribution in [2.45, 2.75) is 6.54 Å². The summed E-state index contributed by atoms with van der Waals surface area (Å²) in [6.45, 7) is 3.49. The van der Waals surface area contributed by atoms with E-state index >= 15 is 0 Å². The molecule has 3 rings (SSSR count). The molecule has 0 aliphatic carbocycles. The Morgan fingerprint density at radius 3 is 3.08 bits per heavy atom. The quantitative estimate of drug-likeness (QED) is 0.674. The summed E-state index contributed by atoms with van der Waals surface area (Å²) in [4.78, 5) is 2.38. The minimum atomic E-state index is 1.03. The summed E-state index contributed by atoms with van der Waals surface area (Å²) in [5.74, 6) is 0. The van der Waals surface area contributed by atoms with Gasteiger partial charge in [-0.05, 0) is 11.6 Å². The van der Waals surface area contributed by atoms with E-state index < -0.39 is 0 Å². The maximum absolute atomic E-state index is 4.30. The summed E-state index contributed by atoms with van der Waals surface area (Å²) in [6, 6.07) is 6.22. The van der Waals surface area contributed by atoms with Crippen molar-refractivity contribution < 1.29 is 0 Å². The van der Waals surface area contributed by atoms with Crippen LogP contribution in [0.1, 0.15) is 5.56 Å². The molecule has 1 saturated heterocycles. The average molecular weight is 191 g/mol. The van der Waals surface area contributed by atoms with Gasteiger partial charge in [-0.1, -0.05) is 12.1 Å². The molecule has 2 aromatic rings. The molecule has 13 heavy (non-hydrogen) atoms. The Morgan fingerprint density at radius 1 is 1.31 bits per heavy atom. The molecular formula is C9H9N3S. The van der Waals surface area contributed by atoms with Crippen LogP contribution >= 0.6 is 11.7 Å². The summed E-state index contributed by atoms with van der Waals surface area (Å²) >= 11 is 1.30. The number of benzene rings is 1. The first-order valence-electron chi connectivity index (χ1n) is 4.36. The van der Waals surface area contributed by atoms with Gasteiger partial charge < -0.3 is 0 Å². The standard InChI is InChI=1S/C9H9N3S/c1-2-7(6-12-4-5-12)9-8(3-1)10-13-11-9/h1-3H,4-6H2. The smallest absolute Gasteiger partial charge is 0.109 e. The number of nitrogens with zero attached hydrogens (tertiary/aromatic N) is 3. The van der Waals surface area contributed by atoms with Gasteiger partial charge in [-0.2, -0.15) is 8.75 Å². The maximum Gasteiger partial charge on any atom is 0.109 e. The van der Waals surface area contributed by atoms with Crippen LogP contribution in [-0.4, -0.2) is 26.7 Å². The Morgan fingerprint density at radius 2 is 2.23 bits per heavy atom. The van der Waals surface area contributed by atoms with Gasteiger partial charge in [0.05, 0.1) is 11.7 Å². The molecular weight excluding hydrogens is 182 g/mol. The third-order valence-electron chi connectivity index (χ3n) is 2.30. The van der Waals surface area contributed by atoms with Gasteiger partial charge in [-0.15, -0.1) is 0 Å². The minimum Gasteiger partial charge on any atom is -0.296 e. The van der Waals surface area contributed by atoms with E-state index in [0.29, 0.717) is 0 Å². The molecule has 0 saturated carbocycles.